The van der Waals surface area contributed by atoms with Crippen LogP contribution in [0.4, 0.5) is 0 Å². The van der Waals surface area contributed by atoms with E-state index in [1.54, 1.807) is 0 Å². The Labute approximate surface area is 111 Å². The molecule has 0 aliphatic heterocycles. The van der Waals surface area contributed by atoms with E-state index in [1.807, 2.05) is 20.8 Å². The molecule has 0 aromatic carbocycles. The Morgan fingerprint density at radius 3 is 1.83 bits per heavy atom. The third-order valence-corrected chi connectivity index (χ3v) is 6.01. The highest BCUT2D eigenvalue weighted by atomic mass is 28.4. The maximum atomic E-state index is 6.12. The Morgan fingerprint density at radius 2 is 1.56 bits per heavy atom. The van der Waals surface area contributed by atoms with Crippen LogP contribution in [0.25, 0.3) is 0 Å². The van der Waals surface area contributed by atoms with Crippen molar-refractivity contribution < 1.29 is 13.3 Å². The summed E-state index contributed by atoms with van der Waals surface area (Å²) in [6.45, 7) is 8.79. The molecule has 0 saturated heterocycles. The Balaban J connectivity index is 5.04. The molecule has 0 aromatic heterocycles. The molecule has 0 amide bonds. The van der Waals surface area contributed by atoms with Gasteiger partial charge in [0.15, 0.2) is 0 Å². The molecule has 0 aromatic rings. The van der Waals surface area contributed by atoms with Crippen molar-refractivity contribution in [1.29, 1.82) is 0 Å². The van der Waals surface area contributed by atoms with Crippen LogP contribution in [0.15, 0.2) is 0 Å². The average molecular weight is 279 g/mol. The fraction of sp³-hybridized carbons (Fsp3) is 1.00. The van der Waals surface area contributed by atoms with E-state index in [1.165, 1.54) is 0 Å². The van der Waals surface area contributed by atoms with E-state index in [9.17, 15) is 0 Å². The second-order valence-electron chi connectivity index (χ2n) is 4.24. The zero-order valence-electron chi connectivity index (χ0n) is 12.1. The zero-order valence-corrected chi connectivity index (χ0v) is 13.1. The molecule has 0 rings (SSSR count). The van der Waals surface area contributed by atoms with Crippen molar-refractivity contribution in [2.24, 2.45) is 17.2 Å². The minimum Gasteiger partial charge on any atom is -0.374 e. The maximum Gasteiger partial charge on any atom is 0.502 e. The van der Waals surface area contributed by atoms with Crippen molar-refractivity contribution in [3.8, 4) is 0 Å². The SMILES string of the molecule is CCC[Si](OCC)(OCC)OC(N)(CC)C(N)N. The Kier molecular flexibility index (Phi) is 8.20. The molecule has 0 radical (unpaired) electrons. The van der Waals surface area contributed by atoms with Crippen molar-refractivity contribution in [1.82, 2.24) is 0 Å². The molecule has 6 N–H and O–H groups in total. The highest BCUT2D eigenvalue weighted by Crippen LogP contribution is 2.25. The van der Waals surface area contributed by atoms with E-state index >= 15 is 0 Å². The summed E-state index contributed by atoms with van der Waals surface area (Å²) < 4.78 is 17.5. The molecule has 0 saturated carbocycles. The van der Waals surface area contributed by atoms with Crippen LogP contribution in [0.3, 0.4) is 0 Å². The van der Waals surface area contributed by atoms with Crippen LogP contribution < -0.4 is 17.2 Å². The van der Waals surface area contributed by atoms with Gasteiger partial charge in [-0.2, -0.15) is 0 Å². The van der Waals surface area contributed by atoms with Crippen LogP contribution in [0.1, 0.15) is 40.5 Å². The molecule has 7 heteroatoms. The molecule has 0 heterocycles. The van der Waals surface area contributed by atoms with Gasteiger partial charge in [-0.3, -0.25) is 0 Å². The number of hydrogen-bond acceptors (Lipinski definition) is 6. The fourth-order valence-corrected chi connectivity index (χ4v) is 4.65. The van der Waals surface area contributed by atoms with Gasteiger partial charge in [-0.15, -0.1) is 0 Å². The van der Waals surface area contributed by atoms with E-state index in [4.69, 9.17) is 30.5 Å². The highest BCUT2D eigenvalue weighted by Gasteiger charge is 2.47. The molecule has 1 atom stereocenters. The maximum absolute atomic E-state index is 6.12. The van der Waals surface area contributed by atoms with Crippen molar-refractivity contribution in [2.45, 2.75) is 58.5 Å². The summed E-state index contributed by atoms with van der Waals surface area (Å²) in [5.74, 6) is 0. The first-order valence-electron chi connectivity index (χ1n) is 6.67. The Morgan fingerprint density at radius 1 is 1.06 bits per heavy atom. The molecular formula is C11H29N3O3Si. The van der Waals surface area contributed by atoms with E-state index in [0.717, 1.165) is 6.42 Å². The molecule has 6 nitrogen and oxygen atoms in total. The van der Waals surface area contributed by atoms with Gasteiger partial charge in [0, 0.05) is 19.3 Å². The summed E-state index contributed by atoms with van der Waals surface area (Å²) in [4.78, 5) is 0. The molecule has 1 unspecified atom stereocenters. The molecule has 110 valence electrons. The normalized spacial score (nSPS) is 16.0. The molecular weight excluding hydrogens is 250 g/mol. The lowest BCUT2D eigenvalue weighted by Gasteiger charge is -2.40. The van der Waals surface area contributed by atoms with E-state index in [-0.39, 0.29) is 0 Å². The van der Waals surface area contributed by atoms with E-state index < -0.39 is 20.7 Å². The van der Waals surface area contributed by atoms with Gasteiger partial charge >= 0.3 is 8.80 Å². The fourth-order valence-electron chi connectivity index (χ4n) is 1.71. The second-order valence-corrected chi connectivity index (χ2v) is 6.88. The van der Waals surface area contributed by atoms with E-state index in [0.29, 0.717) is 25.7 Å². The standard InChI is InChI=1S/C11H29N3O3Si/c1-5-9-18(15-7-3,16-8-4)17-11(14,6-2)10(12)13/h10H,5-9,12-14H2,1-4H3. The molecule has 0 spiro atoms. The van der Waals surface area contributed by atoms with Gasteiger partial charge in [-0.05, 0) is 20.3 Å². The first-order valence-corrected chi connectivity index (χ1v) is 8.61. The molecule has 0 bridgehead atoms. The molecule has 0 fully saturated rings. The number of hydrogen-bond donors (Lipinski definition) is 3. The number of rotatable bonds is 10. The predicted molar refractivity (Wildman–Crippen MR) is 74.6 cm³/mol. The second kappa shape index (κ2) is 8.21. The van der Waals surface area contributed by atoms with Gasteiger partial charge in [-0.1, -0.05) is 20.3 Å². The summed E-state index contributed by atoms with van der Waals surface area (Å²) in [5.41, 5.74) is 16.4. The van der Waals surface area contributed by atoms with Crippen LogP contribution in [0, 0.1) is 0 Å². The van der Waals surface area contributed by atoms with Gasteiger partial charge in [0.25, 0.3) is 0 Å². The number of nitrogens with two attached hydrogens (primary N) is 3. The molecule has 0 aliphatic rings. The largest absolute Gasteiger partial charge is 0.502 e. The molecule has 0 aliphatic carbocycles. The third kappa shape index (κ3) is 4.92. The van der Waals surface area contributed by atoms with Gasteiger partial charge < -0.3 is 30.5 Å². The quantitative estimate of drug-likeness (QED) is 0.402. The minimum atomic E-state index is -2.80. The van der Waals surface area contributed by atoms with Crippen LogP contribution in [-0.4, -0.2) is 33.9 Å². The lowest BCUT2D eigenvalue weighted by Crippen LogP contribution is -2.67. The van der Waals surface area contributed by atoms with Gasteiger partial charge in [-0.25, -0.2) is 0 Å². The van der Waals surface area contributed by atoms with Crippen molar-refractivity contribution >= 4 is 8.80 Å². The third-order valence-electron chi connectivity index (χ3n) is 2.75. The van der Waals surface area contributed by atoms with E-state index in [2.05, 4.69) is 6.92 Å². The first-order chi connectivity index (χ1) is 8.39. The van der Waals surface area contributed by atoms with Gasteiger partial charge in [0.2, 0.25) is 0 Å². The van der Waals surface area contributed by atoms with Gasteiger partial charge in [0.1, 0.15) is 5.72 Å². The topological polar surface area (TPSA) is 106 Å². The monoisotopic (exact) mass is 279 g/mol. The van der Waals surface area contributed by atoms with Crippen LogP contribution in [0.5, 0.6) is 0 Å². The Hall–Kier alpha value is -0.0231. The average Bonchev–Trinajstić information content (AvgIpc) is 2.29. The highest BCUT2D eigenvalue weighted by molar-refractivity contribution is 6.60. The van der Waals surface area contributed by atoms with Crippen molar-refractivity contribution in [3.63, 3.8) is 0 Å². The minimum absolute atomic E-state index is 0.503. The van der Waals surface area contributed by atoms with Crippen molar-refractivity contribution in [3.05, 3.63) is 0 Å². The smallest absolute Gasteiger partial charge is 0.374 e. The van der Waals surface area contributed by atoms with Crippen LogP contribution in [0.2, 0.25) is 6.04 Å². The molecule has 18 heavy (non-hydrogen) atoms. The lowest BCUT2D eigenvalue weighted by atomic mass is 10.1. The summed E-state index contributed by atoms with van der Waals surface area (Å²) in [6, 6.07) is 0.709. The van der Waals surface area contributed by atoms with Crippen molar-refractivity contribution in [2.75, 3.05) is 13.2 Å². The summed E-state index contributed by atoms with van der Waals surface area (Å²) in [6.07, 6.45) is 0.627. The summed E-state index contributed by atoms with van der Waals surface area (Å²) in [5, 5.41) is 0. The van der Waals surface area contributed by atoms with Gasteiger partial charge in [0.05, 0.1) is 6.17 Å². The van der Waals surface area contributed by atoms with Crippen LogP contribution in [-0.2, 0) is 13.3 Å². The summed E-state index contributed by atoms with van der Waals surface area (Å²) in [7, 11) is -2.80. The van der Waals surface area contributed by atoms with Crippen LogP contribution >= 0.6 is 0 Å². The zero-order chi connectivity index (χ0) is 14.2. The Bertz CT molecular complexity index is 215. The lowest BCUT2D eigenvalue weighted by molar-refractivity contribution is -0.0429. The predicted octanol–water partition coefficient (Wildman–Crippen LogP) is 0.733. The summed E-state index contributed by atoms with van der Waals surface area (Å²) >= 11 is 0. The first kappa shape index (κ1) is 18.0.